The summed E-state index contributed by atoms with van der Waals surface area (Å²) in [7, 11) is 0. The minimum absolute atomic E-state index is 0.172. The number of carbonyl (C=O) groups excluding carboxylic acids is 1. The molecular weight excluding hydrogens is 668 g/mol. The second-order valence-electron chi connectivity index (χ2n) is 14.0. The monoisotopic (exact) mass is 718 g/mol. The molecule has 3 aromatic carbocycles. The van der Waals surface area contributed by atoms with Gasteiger partial charge < -0.3 is 26.0 Å². The van der Waals surface area contributed by atoms with Crippen LogP contribution in [-0.4, -0.2) is 71.0 Å². The molecule has 278 valence electrons. The SMILES string of the molecule is CCc1nc2c(cnn2CC)c(NC2CCOCC2)c1CNCc1cccc(C(=O)NCc2ccc(F)c(-c3cccc(CN4CCNCC4)c3)c2)c1. The molecule has 0 atom stereocenters. The van der Waals surface area contributed by atoms with Crippen LogP contribution in [0, 0.1) is 5.82 Å². The largest absolute Gasteiger partial charge is 0.381 e. The Morgan fingerprint density at radius 2 is 1.74 bits per heavy atom. The molecule has 0 bridgehead atoms. The van der Waals surface area contributed by atoms with Crippen molar-refractivity contribution in [1.82, 2.24) is 35.6 Å². The lowest BCUT2D eigenvalue weighted by Crippen LogP contribution is -2.42. The molecule has 0 unspecified atom stereocenters. The van der Waals surface area contributed by atoms with Gasteiger partial charge in [-0.05, 0) is 78.8 Å². The van der Waals surface area contributed by atoms with Crippen LogP contribution >= 0.6 is 0 Å². The molecule has 2 aromatic heterocycles. The summed E-state index contributed by atoms with van der Waals surface area (Å²) in [5.74, 6) is -0.446. The van der Waals surface area contributed by atoms with Crippen LogP contribution in [0.15, 0.2) is 72.9 Å². The lowest BCUT2D eigenvalue weighted by Gasteiger charge is -2.27. The molecule has 11 heteroatoms. The highest BCUT2D eigenvalue weighted by molar-refractivity contribution is 5.94. The molecule has 10 nitrogen and oxygen atoms in total. The van der Waals surface area contributed by atoms with Gasteiger partial charge in [-0.15, -0.1) is 0 Å². The molecule has 53 heavy (non-hydrogen) atoms. The van der Waals surface area contributed by atoms with Gasteiger partial charge in [-0.2, -0.15) is 5.10 Å². The molecule has 2 fully saturated rings. The molecule has 4 N–H and O–H groups in total. The highest BCUT2D eigenvalue weighted by Crippen LogP contribution is 2.31. The number of aromatic nitrogens is 3. The summed E-state index contributed by atoms with van der Waals surface area (Å²) in [5, 5.41) is 19.6. The normalized spacial score (nSPS) is 15.5. The van der Waals surface area contributed by atoms with Gasteiger partial charge in [0.1, 0.15) is 5.82 Å². The minimum Gasteiger partial charge on any atom is -0.381 e. The Balaban J connectivity index is 0.997. The van der Waals surface area contributed by atoms with E-state index in [0.717, 1.165) is 122 Å². The standard InChI is InChI=1S/C42H51FN8O2/c1-3-39-36(40(48-34-13-19-53-20-14-34)37-27-47-51(4-2)41(37)49-39)26-45-24-29-7-5-10-33(21-29)42(52)46-25-30-11-12-38(43)35(23-30)32-9-6-8-31(22-32)28-50-17-15-44-16-18-50/h5-12,21-23,27,34,44-45H,3-4,13-20,24-26,28H2,1-2H3,(H,46,52)(H,48,49). The van der Waals surface area contributed by atoms with E-state index in [1.807, 2.05) is 53.3 Å². The zero-order valence-corrected chi connectivity index (χ0v) is 30.9. The molecule has 0 spiro atoms. The quantitative estimate of drug-likeness (QED) is 0.110. The number of aryl methyl sites for hydroxylation is 2. The van der Waals surface area contributed by atoms with Crippen molar-refractivity contribution in [3.8, 4) is 11.1 Å². The highest BCUT2D eigenvalue weighted by atomic mass is 19.1. The maximum Gasteiger partial charge on any atom is 0.251 e. The summed E-state index contributed by atoms with van der Waals surface area (Å²) in [6.07, 6.45) is 4.65. The van der Waals surface area contributed by atoms with Crippen molar-refractivity contribution < 1.29 is 13.9 Å². The zero-order chi connectivity index (χ0) is 36.6. The van der Waals surface area contributed by atoms with E-state index < -0.39 is 0 Å². The van der Waals surface area contributed by atoms with E-state index in [1.165, 1.54) is 6.07 Å². The number of fused-ring (bicyclic) bond motifs is 1. The van der Waals surface area contributed by atoms with Crippen LogP contribution in [0.3, 0.4) is 0 Å². The lowest BCUT2D eigenvalue weighted by atomic mass is 10.00. The van der Waals surface area contributed by atoms with E-state index in [4.69, 9.17) is 9.72 Å². The number of hydrogen-bond acceptors (Lipinski definition) is 8. The van der Waals surface area contributed by atoms with Gasteiger partial charge in [0, 0.05) is 101 Å². The van der Waals surface area contributed by atoms with Gasteiger partial charge in [0.25, 0.3) is 5.91 Å². The molecule has 0 saturated carbocycles. The van der Waals surface area contributed by atoms with Gasteiger partial charge in [0.15, 0.2) is 5.65 Å². The fraction of sp³-hybridized carbons (Fsp3) is 0.405. The van der Waals surface area contributed by atoms with E-state index >= 15 is 4.39 Å². The van der Waals surface area contributed by atoms with Crippen molar-refractivity contribution in [2.75, 3.05) is 44.7 Å². The summed E-state index contributed by atoms with van der Waals surface area (Å²) in [4.78, 5) is 20.8. The topological polar surface area (TPSA) is 108 Å². The number of ether oxygens (including phenoxy) is 1. The number of amides is 1. The predicted molar refractivity (Wildman–Crippen MR) is 208 cm³/mol. The van der Waals surface area contributed by atoms with Crippen LogP contribution in [0.25, 0.3) is 22.2 Å². The number of nitrogens with one attached hydrogen (secondary N) is 4. The fourth-order valence-corrected chi connectivity index (χ4v) is 7.41. The van der Waals surface area contributed by atoms with E-state index in [9.17, 15) is 4.79 Å². The van der Waals surface area contributed by atoms with Crippen LogP contribution in [0.1, 0.15) is 65.0 Å². The summed E-state index contributed by atoms with van der Waals surface area (Å²) < 4.78 is 22.7. The van der Waals surface area contributed by atoms with Crippen molar-refractivity contribution in [2.45, 2.75) is 71.9 Å². The molecule has 2 aliphatic rings. The van der Waals surface area contributed by atoms with Crippen molar-refractivity contribution in [1.29, 1.82) is 0 Å². The zero-order valence-electron chi connectivity index (χ0n) is 30.9. The van der Waals surface area contributed by atoms with Crippen LogP contribution < -0.4 is 21.3 Å². The number of carbonyl (C=O) groups is 1. The van der Waals surface area contributed by atoms with E-state index in [0.29, 0.717) is 36.8 Å². The second-order valence-corrected chi connectivity index (χ2v) is 14.0. The van der Waals surface area contributed by atoms with Gasteiger partial charge >= 0.3 is 0 Å². The maximum atomic E-state index is 15.1. The Morgan fingerprint density at radius 3 is 2.55 bits per heavy atom. The third kappa shape index (κ3) is 8.93. The van der Waals surface area contributed by atoms with E-state index in [1.54, 1.807) is 6.07 Å². The molecule has 1 amide bonds. The minimum atomic E-state index is -0.274. The van der Waals surface area contributed by atoms with E-state index in [-0.39, 0.29) is 11.7 Å². The highest BCUT2D eigenvalue weighted by Gasteiger charge is 2.22. The first kappa shape index (κ1) is 36.7. The maximum absolute atomic E-state index is 15.1. The first-order valence-electron chi connectivity index (χ1n) is 19.1. The summed E-state index contributed by atoms with van der Waals surface area (Å²) in [6, 6.07) is 21.2. The van der Waals surface area contributed by atoms with Gasteiger partial charge in [0.05, 0.1) is 17.3 Å². The van der Waals surface area contributed by atoms with Crippen molar-refractivity contribution in [2.24, 2.45) is 0 Å². The number of benzene rings is 3. The number of halogens is 1. The second kappa shape index (κ2) is 17.4. The van der Waals surface area contributed by atoms with Gasteiger partial charge in [-0.1, -0.05) is 43.3 Å². The molecule has 7 rings (SSSR count). The average molecular weight is 719 g/mol. The number of nitrogens with zero attached hydrogens (tertiary/aromatic N) is 4. The van der Waals surface area contributed by atoms with Gasteiger partial charge in [-0.25, -0.2) is 14.1 Å². The molecule has 2 aliphatic heterocycles. The lowest BCUT2D eigenvalue weighted by molar-refractivity contribution is 0.0904. The summed E-state index contributed by atoms with van der Waals surface area (Å²) in [6.45, 7) is 12.8. The number of rotatable bonds is 14. The summed E-state index contributed by atoms with van der Waals surface area (Å²) >= 11 is 0. The Morgan fingerprint density at radius 1 is 0.943 bits per heavy atom. The number of piperazine rings is 1. The van der Waals surface area contributed by atoms with Gasteiger partial charge in [0.2, 0.25) is 0 Å². The predicted octanol–water partition coefficient (Wildman–Crippen LogP) is 6.04. The summed E-state index contributed by atoms with van der Waals surface area (Å²) in [5.41, 5.74) is 9.19. The fourth-order valence-electron chi connectivity index (χ4n) is 7.41. The third-order valence-corrected chi connectivity index (χ3v) is 10.3. The number of pyridine rings is 1. The Bertz CT molecular complexity index is 2020. The Kier molecular flexibility index (Phi) is 12.1. The van der Waals surface area contributed by atoms with Crippen LogP contribution in [0.4, 0.5) is 10.1 Å². The van der Waals surface area contributed by atoms with Crippen LogP contribution in [-0.2, 0) is 43.9 Å². The first-order chi connectivity index (χ1) is 26.0. The average Bonchev–Trinajstić information content (AvgIpc) is 3.62. The number of hydrogen-bond donors (Lipinski definition) is 4. The molecule has 5 aromatic rings. The van der Waals surface area contributed by atoms with Crippen molar-refractivity contribution in [3.05, 3.63) is 112 Å². The van der Waals surface area contributed by atoms with Crippen LogP contribution in [0.5, 0.6) is 0 Å². The Labute approximate surface area is 311 Å². The number of anilines is 1. The van der Waals surface area contributed by atoms with Crippen LogP contribution in [0.2, 0.25) is 0 Å². The molecular formula is C42H51FN8O2. The third-order valence-electron chi connectivity index (χ3n) is 10.3. The first-order valence-corrected chi connectivity index (χ1v) is 19.1. The smallest absolute Gasteiger partial charge is 0.251 e. The molecule has 0 aliphatic carbocycles. The van der Waals surface area contributed by atoms with Gasteiger partial charge in [-0.3, -0.25) is 9.69 Å². The molecule has 4 heterocycles. The molecule has 2 saturated heterocycles. The van der Waals surface area contributed by atoms with E-state index in [2.05, 4.69) is 57.2 Å². The Hall–Kier alpha value is -4.68. The molecule has 0 radical (unpaired) electrons. The van der Waals surface area contributed by atoms with Crippen molar-refractivity contribution >= 4 is 22.6 Å². The van der Waals surface area contributed by atoms with Crippen molar-refractivity contribution in [3.63, 3.8) is 0 Å².